The van der Waals surface area contributed by atoms with Crippen LogP contribution in [0.2, 0.25) is 5.02 Å². The van der Waals surface area contributed by atoms with Crippen molar-refractivity contribution >= 4 is 28.5 Å². The Balaban J connectivity index is 2.75. The first kappa shape index (κ1) is 10.9. The molecule has 0 saturated heterocycles. The fourth-order valence-corrected chi connectivity index (χ4v) is 1.99. The molecular weight excluding hydrogens is 226 g/mol. The molecule has 1 N–H and O–H groups in total. The Hall–Kier alpha value is -1.61. The van der Waals surface area contributed by atoms with E-state index in [1.807, 2.05) is 18.2 Å². The number of carboxylic acid groups (broad SMARTS) is 1. The van der Waals surface area contributed by atoms with Gasteiger partial charge < -0.3 is 5.11 Å². The summed E-state index contributed by atoms with van der Waals surface area (Å²) in [6, 6.07) is 7.24. The highest BCUT2D eigenvalue weighted by atomic mass is 35.5. The van der Waals surface area contributed by atoms with E-state index in [1.165, 1.54) is 0 Å². The summed E-state index contributed by atoms with van der Waals surface area (Å²) >= 11 is 6.04. The minimum absolute atomic E-state index is 0.445. The molecular formula is C12H10ClNO2. The first-order valence-corrected chi connectivity index (χ1v) is 5.25. The Morgan fingerprint density at radius 2 is 2.19 bits per heavy atom. The van der Waals surface area contributed by atoms with Crippen LogP contribution in [0.25, 0.3) is 10.9 Å². The lowest BCUT2D eigenvalue weighted by atomic mass is 9.98. The van der Waals surface area contributed by atoms with Gasteiger partial charge in [-0.05, 0) is 19.1 Å². The van der Waals surface area contributed by atoms with E-state index in [0.717, 1.165) is 5.39 Å². The standard InChI is InChI=1S/C12H10ClNO2/c1-7(12(15)16)10-9(13)5-4-8-3-2-6-14-11(8)10/h2-7H,1H3,(H,15,16). The summed E-state index contributed by atoms with van der Waals surface area (Å²) in [5.74, 6) is -1.56. The van der Waals surface area contributed by atoms with E-state index in [4.69, 9.17) is 16.7 Å². The number of nitrogens with zero attached hydrogens (tertiary/aromatic N) is 1. The van der Waals surface area contributed by atoms with Gasteiger partial charge in [-0.3, -0.25) is 9.78 Å². The molecule has 2 aromatic rings. The summed E-state index contributed by atoms with van der Waals surface area (Å²) in [6.45, 7) is 1.61. The predicted molar refractivity (Wildman–Crippen MR) is 62.8 cm³/mol. The lowest BCUT2D eigenvalue weighted by Gasteiger charge is -2.11. The van der Waals surface area contributed by atoms with E-state index in [0.29, 0.717) is 16.1 Å². The molecule has 0 aliphatic heterocycles. The van der Waals surface area contributed by atoms with Crippen LogP contribution in [0.4, 0.5) is 0 Å². The molecule has 1 aromatic carbocycles. The van der Waals surface area contributed by atoms with Crippen LogP contribution in [0.5, 0.6) is 0 Å². The number of carbonyl (C=O) groups is 1. The van der Waals surface area contributed by atoms with E-state index in [-0.39, 0.29) is 0 Å². The number of hydrogen-bond acceptors (Lipinski definition) is 2. The second-order valence-corrected chi connectivity index (χ2v) is 4.00. The summed E-state index contributed by atoms with van der Waals surface area (Å²) in [5.41, 5.74) is 1.23. The maximum Gasteiger partial charge on any atom is 0.310 e. The van der Waals surface area contributed by atoms with Gasteiger partial charge in [0.05, 0.1) is 11.4 Å². The van der Waals surface area contributed by atoms with Gasteiger partial charge in [0.25, 0.3) is 0 Å². The van der Waals surface area contributed by atoms with Crippen molar-refractivity contribution in [2.24, 2.45) is 0 Å². The maximum atomic E-state index is 11.0. The van der Waals surface area contributed by atoms with Crippen molar-refractivity contribution in [2.45, 2.75) is 12.8 Å². The lowest BCUT2D eigenvalue weighted by Crippen LogP contribution is -2.09. The number of rotatable bonds is 2. The molecule has 1 atom stereocenters. The van der Waals surface area contributed by atoms with Crippen LogP contribution in [-0.4, -0.2) is 16.1 Å². The highest BCUT2D eigenvalue weighted by Gasteiger charge is 2.20. The van der Waals surface area contributed by atoms with Crippen LogP contribution in [0.15, 0.2) is 30.5 Å². The second kappa shape index (κ2) is 4.10. The number of hydrogen-bond donors (Lipinski definition) is 1. The van der Waals surface area contributed by atoms with E-state index in [9.17, 15) is 4.79 Å². The van der Waals surface area contributed by atoms with Crippen molar-refractivity contribution in [3.8, 4) is 0 Å². The van der Waals surface area contributed by atoms with Crippen LogP contribution >= 0.6 is 11.6 Å². The smallest absolute Gasteiger partial charge is 0.310 e. The molecule has 1 unspecified atom stereocenters. The molecule has 0 amide bonds. The number of benzene rings is 1. The molecule has 0 aliphatic carbocycles. The fourth-order valence-electron chi connectivity index (χ4n) is 1.68. The van der Waals surface area contributed by atoms with Crippen molar-refractivity contribution in [2.75, 3.05) is 0 Å². The molecule has 16 heavy (non-hydrogen) atoms. The quantitative estimate of drug-likeness (QED) is 0.870. The SMILES string of the molecule is CC(C(=O)O)c1c(Cl)ccc2cccnc12. The average molecular weight is 236 g/mol. The van der Waals surface area contributed by atoms with E-state index in [2.05, 4.69) is 4.98 Å². The van der Waals surface area contributed by atoms with Crippen LogP contribution in [-0.2, 0) is 4.79 Å². The third-order valence-electron chi connectivity index (χ3n) is 2.56. The minimum Gasteiger partial charge on any atom is -0.481 e. The van der Waals surface area contributed by atoms with Gasteiger partial charge in [0.2, 0.25) is 0 Å². The monoisotopic (exact) mass is 235 g/mol. The Kier molecular flexibility index (Phi) is 2.79. The first-order valence-electron chi connectivity index (χ1n) is 4.87. The molecule has 1 aromatic heterocycles. The zero-order chi connectivity index (χ0) is 11.7. The van der Waals surface area contributed by atoms with Crippen molar-refractivity contribution < 1.29 is 9.90 Å². The summed E-state index contributed by atoms with van der Waals surface area (Å²) in [4.78, 5) is 15.2. The van der Waals surface area contributed by atoms with Gasteiger partial charge in [0, 0.05) is 22.2 Å². The van der Waals surface area contributed by atoms with Crippen LogP contribution < -0.4 is 0 Å². The lowest BCUT2D eigenvalue weighted by molar-refractivity contribution is -0.138. The number of aliphatic carboxylic acids is 1. The number of carboxylic acids is 1. The largest absolute Gasteiger partial charge is 0.481 e. The third kappa shape index (κ3) is 1.74. The first-order chi connectivity index (χ1) is 7.61. The van der Waals surface area contributed by atoms with E-state index < -0.39 is 11.9 Å². The highest BCUT2D eigenvalue weighted by molar-refractivity contribution is 6.32. The summed E-state index contributed by atoms with van der Waals surface area (Å²) in [6.07, 6.45) is 1.64. The van der Waals surface area contributed by atoms with Crippen molar-refractivity contribution in [1.29, 1.82) is 0 Å². The summed E-state index contributed by atoms with van der Waals surface area (Å²) < 4.78 is 0. The minimum atomic E-state index is -0.903. The molecule has 0 spiro atoms. The number of pyridine rings is 1. The molecule has 2 rings (SSSR count). The molecule has 0 fully saturated rings. The molecule has 0 saturated carbocycles. The van der Waals surface area contributed by atoms with Gasteiger partial charge in [0.1, 0.15) is 0 Å². The molecule has 82 valence electrons. The van der Waals surface area contributed by atoms with E-state index in [1.54, 1.807) is 19.2 Å². The van der Waals surface area contributed by atoms with Gasteiger partial charge in [-0.2, -0.15) is 0 Å². The van der Waals surface area contributed by atoms with Crippen molar-refractivity contribution in [1.82, 2.24) is 4.98 Å². The number of aromatic nitrogens is 1. The molecule has 3 nitrogen and oxygen atoms in total. The summed E-state index contributed by atoms with van der Waals surface area (Å²) in [7, 11) is 0. The Bertz CT molecular complexity index is 554. The van der Waals surface area contributed by atoms with Crippen LogP contribution in [0.3, 0.4) is 0 Å². The Morgan fingerprint density at radius 3 is 2.88 bits per heavy atom. The van der Waals surface area contributed by atoms with Gasteiger partial charge in [-0.1, -0.05) is 23.7 Å². The zero-order valence-corrected chi connectivity index (χ0v) is 9.40. The average Bonchev–Trinajstić information content (AvgIpc) is 2.28. The van der Waals surface area contributed by atoms with Gasteiger partial charge in [0.15, 0.2) is 0 Å². The highest BCUT2D eigenvalue weighted by Crippen LogP contribution is 2.31. The van der Waals surface area contributed by atoms with Crippen LogP contribution in [0.1, 0.15) is 18.4 Å². The van der Waals surface area contributed by atoms with Gasteiger partial charge >= 0.3 is 5.97 Å². The molecule has 0 radical (unpaired) electrons. The van der Waals surface area contributed by atoms with Crippen LogP contribution in [0, 0.1) is 0 Å². The van der Waals surface area contributed by atoms with Crippen molar-refractivity contribution in [3.63, 3.8) is 0 Å². The molecule has 4 heteroatoms. The fraction of sp³-hybridized carbons (Fsp3) is 0.167. The number of fused-ring (bicyclic) bond motifs is 1. The van der Waals surface area contributed by atoms with Gasteiger partial charge in [-0.15, -0.1) is 0 Å². The summed E-state index contributed by atoms with van der Waals surface area (Å²) in [5, 5.41) is 10.4. The molecule has 0 bridgehead atoms. The zero-order valence-electron chi connectivity index (χ0n) is 8.64. The normalized spacial score (nSPS) is 12.6. The second-order valence-electron chi connectivity index (χ2n) is 3.60. The predicted octanol–water partition coefficient (Wildman–Crippen LogP) is 3.08. The number of halogens is 1. The molecule has 1 heterocycles. The third-order valence-corrected chi connectivity index (χ3v) is 2.89. The van der Waals surface area contributed by atoms with Crippen molar-refractivity contribution in [3.05, 3.63) is 41.0 Å². The maximum absolute atomic E-state index is 11.0. The van der Waals surface area contributed by atoms with Gasteiger partial charge in [-0.25, -0.2) is 0 Å². The Morgan fingerprint density at radius 1 is 1.44 bits per heavy atom. The molecule has 0 aliphatic rings. The Labute approximate surface area is 97.7 Å². The van der Waals surface area contributed by atoms with E-state index >= 15 is 0 Å². The topological polar surface area (TPSA) is 50.2 Å².